The number of halogens is 3. The molecule has 1 atom stereocenters. The minimum Gasteiger partial charge on any atom is -0.125 e. The summed E-state index contributed by atoms with van der Waals surface area (Å²) in [5, 5.41) is -1.39. The van der Waals surface area contributed by atoms with Crippen LogP contribution in [0.15, 0.2) is 0 Å². The third kappa shape index (κ3) is 3.44. The van der Waals surface area contributed by atoms with Gasteiger partial charge in [0.2, 0.25) is 0 Å². The molecule has 0 N–H and O–H groups in total. The first-order valence-electron chi connectivity index (χ1n) is 2.37. The van der Waals surface area contributed by atoms with Crippen molar-refractivity contribution in [2.75, 3.05) is 11.2 Å². The first kappa shape index (κ1) is 4.16. The lowest BCUT2D eigenvalue weighted by Gasteiger charge is -1.93. The SMILES string of the molecule is [2H]C([2H])(Br)C(Br)CCl. The van der Waals surface area contributed by atoms with Gasteiger partial charge in [-0.15, -0.1) is 11.6 Å². The van der Waals surface area contributed by atoms with Crippen LogP contribution >= 0.6 is 43.5 Å². The molecule has 6 heavy (non-hydrogen) atoms. The molecule has 3 heteroatoms. The molecular formula is C3H5Br2Cl. The molecule has 0 aromatic heterocycles. The third-order valence-electron chi connectivity index (χ3n) is 0.254. The zero-order valence-electron chi connectivity index (χ0n) is 4.92. The number of rotatable bonds is 2. The summed E-state index contributed by atoms with van der Waals surface area (Å²) in [7, 11) is 0. The van der Waals surface area contributed by atoms with Crippen LogP contribution in [0.5, 0.6) is 0 Å². The van der Waals surface area contributed by atoms with Crippen LogP contribution in [0.3, 0.4) is 0 Å². The molecule has 0 amide bonds. The third-order valence-corrected chi connectivity index (χ3v) is 2.65. The number of alkyl halides is 3. The van der Waals surface area contributed by atoms with Crippen LogP contribution in [0.4, 0.5) is 0 Å². The molecule has 38 valence electrons. The Morgan fingerprint density at radius 2 is 2.50 bits per heavy atom. The predicted molar refractivity (Wildman–Crippen MR) is 37.2 cm³/mol. The topological polar surface area (TPSA) is 0 Å². The van der Waals surface area contributed by atoms with Gasteiger partial charge in [-0.25, -0.2) is 0 Å². The second kappa shape index (κ2) is 4.41. The molecule has 0 aliphatic rings. The Morgan fingerprint density at radius 3 is 2.50 bits per heavy atom. The van der Waals surface area contributed by atoms with E-state index in [1.54, 1.807) is 0 Å². The van der Waals surface area contributed by atoms with Crippen LogP contribution in [0.1, 0.15) is 2.74 Å². The summed E-state index contributed by atoms with van der Waals surface area (Å²) < 4.78 is 14.0. The fourth-order valence-corrected chi connectivity index (χ4v) is 0.455. The molecule has 0 nitrogen and oxygen atoms in total. The monoisotopic (exact) mass is 236 g/mol. The first-order valence-corrected chi connectivity index (χ1v) is 3.61. The lowest BCUT2D eigenvalue weighted by molar-refractivity contribution is 1.18. The molecule has 0 spiro atoms. The molecule has 0 fully saturated rings. The lowest BCUT2D eigenvalue weighted by atomic mass is 10.6. The quantitative estimate of drug-likeness (QED) is 0.648. The van der Waals surface area contributed by atoms with Crippen molar-refractivity contribution < 1.29 is 2.74 Å². The molecule has 0 radical (unpaired) electrons. The molecular weight excluding hydrogens is 231 g/mol. The smallest absolute Gasteiger partial charge is 0.0399 e. The minimum atomic E-state index is -1.39. The summed E-state index contributed by atoms with van der Waals surface area (Å²) in [6, 6.07) is 0. The Balaban J connectivity index is 3.62. The van der Waals surface area contributed by atoms with E-state index in [0.717, 1.165) is 0 Å². The van der Waals surface area contributed by atoms with Gasteiger partial charge in [-0.05, 0) is 0 Å². The van der Waals surface area contributed by atoms with Crippen molar-refractivity contribution in [3.05, 3.63) is 0 Å². The highest BCUT2D eigenvalue weighted by Gasteiger charge is 1.94. The summed E-state index contributed by atoms with van der Waals surface area (Å²) in [5.74, 6) is 0.262. The Labute approximate surface area is 62.3 Å². The van der Waals surface area contributed by atoms with Gasteiger partial charge in [-0.1, -0.05) is 31.9 Å². The van der Waals surface area contributed by atoms with Crippen molar-refractivity contribution in [2.45, 2.75) is 4.83 Å². The van der Waals surface area contributed by atoms with Crippen LogP contribution in [-0.4, -0.2) is 16.0 Å². The second-order valence-electron chi connectivity index (χ2n) is 0.731. The van der Waals surface area contributed by atoms with Crippen LogP contribution in [0.2, 0.25) is 0 Å². The summed E-state index contributed by atoms with van der Waals surface area (Å²) in [4.78, 5) is -0.323. The van der Waals surface area contributed by atoms with E-state index in [1.165, 1.54) is 0 Å². The zero-order chi connectivity index (χ0) is 6.78. The number of hydrogen-bond acceptors (Lipinski definition) is 0. The summed E-state index contributed by atoms with van der Waals surface area (Å²) >= 11 is 11.2. The predicted octanol–water partition coefficient (Wildman–Crippen LogP) is 2.38. The molecule has 0 aliphatic carbocycles. The highest BCUT2D eigenvalue weighted by molar-refractivity contribution is 9.12. The Bertz CT molecular complexity index is 72.2. The summed E-state index contributed by atoms with van der Waals surface area (Å²) in [5.41, 5.74) is 0. The van der Waals surface area contributed by atoms with E-state index >= 15 is 0 Å². The molecule has 0 aliphatic heterocycles. The maximum atomic E-state index is 6.99. The van der Waals surface area contributed by atoms with Crippen molar-refractivity contribution in [1.29, 1.82) is 0 Å². The van der Waals surface area contributed by atoms with Crippen LogP contribution in [0.25, 0.3) is 0 Å². The highest BCUT2D eigenvalue weighted by atomic mass is 79.9. The Morgan fingerprint density at radius 1 is 2.00 bits per heavy atom. The van der Waals surface area contributed by atoms with Crippen LogP contribution < -0.4 is 0 Å². The number of hydrogen-bond donors (Lipinski definition) is 0. The molecule has 0 rings (SSSR count). The maximum absolute atomic E-state index is 6.99. The first-order chi connectivity index (χ1) is 3.48. The van der Waals surface area contributed by atoms with Gasteiger partial charge in [-0.2, -0.15) is 0 Å². The average Bonchev–Trinajstić information content (AvgIpc) is 1.62. The van der Waals surface area contributed by atoms with Crippen molar-refractivity contribution in [1.82, 2.24) is 0 Å². The molecule has 0 aromatic carbocycles. The van der Waals surface area contributed by atoms with E-state index in [-0.39, 0.29) is 10.7 Å². The maximum Gasteiger partial charge on any atom is 0.0399 e. The van der Waals surface area contributed by atoms with Crippen molar-refractivity contribution in [3.8, 4) is 0 Å². The summed E-state index contributed by atoms with van der Waals surface area (Å²) in [6.07, 6.45) is 0. The van der Waals surface area contributed by atoms with E-state index in [2.05, 4.69) is 31.9 Å². The van der Waals surface area contributed by atoms with Gasteiger partial charge in [0.15, 0.2) is 0 Å². The fraction of sp³-hybridized carbons (Fsp3) is 1.00. The van der Waals surface area contributed by atoms with Crippen LogP contribution in [0, 0.1) is 0 Å². The van der Waals surface area contributed by atoms with E-state index in [4.69, 9.17) is 14.3 Å². The molecule has 0 saturated carbocycles. The Kier molecular flexibility index (Phi) is 3.06. The largest absolute Gasteiger partial charge is 0.125 e. The van der Waals surface area contributed by atoms with E-state index < -0.39 is 5.28 Å². The lowest BCUT2D eigenvalue weighted by Crippen LogP contribution is -1.98. The van der Waals surface area contributed by atoms with Gasteiger partial charge in [0.05, 0.1) is 0 Å². The average molecular weight is 238 g/mol. The van der Waals surface area contributed by atoms with E-state index in [0.29, 0.717) is 0 Å². The van der Waals surface area contributed by atoms with Gasteiger partial charge in [0.1, 0.15) is 0 Å². The van der Waals surface area contributed by atoms with Crippen LogP contribution in [-0.2, 0) is 0 Å². The van der Waals surface area contributed by atoms with Gasteiger partial charge >= 0.3 is 0 Å². The molecule has 0 heterocycles. The van der Waals surface area contributed by atoms with Gasteiger partial charge in [0, 0.05) is 18.7 Å². The molecule has 0 aromatic rings. The van der Waals surface area contributed by atoms with Crippen molar-refractivity contribution in [3.63, 3.8) is 0 Å². The van der Waals surface area contributed by atoms with Crippen molar-refractivity contribution >= 4 is 43.5 Å². The minimum absolute atomic E-state index is 0.262. The van der Waals surface area contributed by atoms with Gasteiger partial charge in [-0.3, -0.25) is 0 Å². The zero-order valence-corrected chi connectivity index (χ0v) is 6.85. The molecule has 1 unspecified atom stereocenters. The second-order valence-corrected chi connectivity index (χ2v) is 2.60. The van der Waals surface area contributed by atoms with Gasteiger partial charge < -0.3 is 0 Å². The van der Waals surface area contributed by atoms with Crippen molar-refractivity contribution in [2.24, 2.45) is 0 Å². The fourth-order valence-electron chi connectivity index (χ4n) is 0.0292. The highest BCUT2D eigenvalue weighted by Crippen LogP contribution is 2.03. The summed E-state index contributed by atoms with van der Waals surface area (Å²) in [6.45, 7) is 0. The molecule has 0 saturated heterocycles. The molecule has 0 bridgehead atoms. The standard InChI is InChI=1S/C3H5Br2Cl/c4-1-3(5)2-6/h3H,1-2H2/i1D2. The normalized spacial score (nSPS) is 21.8. The Hall–Kier alpha value is 1.25. The van der Waals surface area contributed by atoms with E-state index in [9.17, 15) is 0 Å². The van der Waals surface area contributed by atoms with Gasteiger partial charge in [0.25, 0.3) is 0 Å². The van der Waals surface area contributed by atoms with E-state index in [1.807, 2.05) is 0 Å².